The number of nitrogens with zero attached hydrogens (tertiary/aromatic N) is 1. The average molecular weight is 368 g/mol. The molecular formula is C18H29N3O3S. The molecule has 25 heavy (non-hydrogen) atoms. The molecule has 3 N–H and O–H groups in total. The third-order valence-electron chi connectivity index (χ3n) is 4.41. The molecule has 0 saturated carbocycles. The number of hydrogen-bond donors (Lipinski definition) is 2. The van der Waals surface area contributed by atoms with Gasteiger partial charge in [0.15, 0.2) is 0 Å². The Labute approximate surface area is 154 Å². The summed E-state index contributed by atoms with van der Waals surface area (Å²) in [5.74, 6) is 2.45. The minimum atomic E-state index is -0.413. The molecule has 6 nitrogen and oxygen atoms in total. The Balaban J connectivity index is 1.85. The number of rotatable bonds is 9. The number of amides is 1. The summed E-state index contributed by atoms with van der Waals surface area (Å²) in [5.41, 5.74) is 7.08. The second kappa shape index (κ2) is 9.89. The van der Waals surface area contributed by atoms with Crippen molar-refractivity contribution < 1.29 is 14.3 Å². The number of carbonyl (C=O) groups is 1. The van der Waals surface area contributed by atoms with Crippen LogP contribution >= 0.6 is 11.8 Å². The zero-order chi connectivity index (χ0) is 18.2. The van der Waals surface area contributed by atoms with E-state index in [0.717, 1.165) is 48.9 Å². The van der Waals surface area contributed by atoms with Gasteiger partial charge in [-0.25, -0.2) is 0 Å². The van der Waals surface area contributed by atoms with Gasteiger partial charge in [0, 0.05) is 31.7 Å². The third kappa shape index (κ3) is 6.09. The van der Waals surface area contributed by atoms with E-state index in [1.54, 1.807) is 26.0 Å². The first-order valence-electron chi connectivity index (χ1n) is 8.55. The molecule has 1 aliphatic rings. The van der Waals surface area contributed by atoms with Gasteiger partial charge in [-0.2, -0.15) is 11.8 Å². The van der Waals surface area contributed by atoms with Gasteiger partial charge < -0.3 is 20.5 Å². The lowest BCUT2D eigenvalue weighted by Crippen LogP contribution is -2.46. The summed E-state index contributed by atoms with van der Waals surface area (Å²) < 4.78 is 10.6. The Bertz CT molecular complexity index is 548. The maximum atomic E-state index is 12.1. The van der Waals surface area contributed by atoms with E-state index in [9.17, 15) is 4.79 Å². The van der Waals surface area contributed by atoms with Gasteiger partial charge in [0.25, 0.3) is 0 Å². The van der Waals surface area contributed by atoms with Gasteiger partial charge in [0.2, 0.25) is 5.91 Å². The predicted octanol–water partition coefficient (Wildman–Crippen LogP) is 1.47. The van der Waals surface area contributed by atoms with Crippen LogP contribution in [0.25, 0.3) is 0 Å². The highest BCUT2D eigenvalue weighted by atomic mass is 32.2. The summed E-state index contributed by atoms with van der Waals surface area (Å²) in [7, 11) is 3.31. The molecular weight excluding hydrogens is 338 g/mol. The molecule has 1 heterocycles. The maximum Gasteiger partial charge on any atom is 0.237 e. The van der Waals surface area contributed by atoms with Crippen LogP contribution in [0.5, 0.6) is 11.5 Å². The Morgan fingerprint density at radius 3 is 2.64 bits per heavy atom. The number of methoxy groups -OCH3 is 2. The standard InChI is InChI=1S/C18H29N3O3S/c1-23-15-8-13(9-16(10-15)24-2)11-21-6-4-14(12-21)20-18(22)17(19)5-7-25-3/h8-10,14,17H,4-7,11-12,19H2,1-3H3,(H,20,22)/t14?,17-/m0/s1. The Kier molecular flexibility index (Phi) is 7.87. The topological polar surface area (TPSA) is 76.8 Å². The molecule has 1 aromatic carbocycles. The molecule has 1 amide bonds. The second-order valence-corrected chi connectivity index (χ2v) is 7.32. The lowest BCUT2D eigenvalue weighted by molar-refractivity contribution is -0.123. The van der Waals surface area contributed by atoms with Crippen LogP contribution in [-0.4, -0.2) is 62.2 Å². The number of carbonyl (C=O) groups excluding carboxylic acids is 1. The fourth-order valence-electron chi connectivity index (χ4n) is 2.99. The summed E-state index contributed by atoms with van der Waals surface area (Å²) in [6.45, 7) is 2.59. The summed E-state index contributed by atoms with van der Waals surface area (Å²) in [6, 6.07) is 5.66. The van der Waals surface area contributed by atoms with Crippen molar-refractivity contribution in [2.75, 3.05) is 39.3 Å². The summed E-state index contributed by atoms with van der Waals surface area (Å²) in [5, 5.41) is 3.08. The quantitative estimate of drug-likeness (QED) is 0.688. The van der Waals surface area contributed by atoms with Crippen molar-refractivity contribution >= 4 is 17.7 Å². The monoisotopic (exact) mass is 367 g/mol. The van der Waals surface area contributed by atoms with E-state index in [1.165, 1.54) is 0 Å². The number of thioether (sulfide) groups is 1. The summed E-state index contributed by atoms with van der Waals surface area (Å²) >= 11 is 1.71. The molecule has 7 heteroatoms. The van der Waals surface area contributed by atoms with Gasteiger partial charge in [-0.15, -0.1) is 0 Å². The maximum absolute atomic E-state index is 12.1. The number of nitrogens with one attached hydrogen (secondary N) is 1. The first-order valence-corrected chi connectivity index (χ1v) is 9.94. The number of hydrogen-bond acceptors (Lipinski definition) is 6. The second-order valence-electron chi connectivity index (χ2n) is 6.34. The van der Waals surface area contributed by atoms with Gasteiger partial charge in [-0.05, 0) is 42.5 Å². The van der Waals surface area contributed by atoms with Crippen molar-refractivity contribution in [3.63, 3.8) is 0 Å². The number of benzene rings is 1. The predicted molar refractivity (Wildman–Crippen MR) is 102 cm³/mol. The zero-order valence-electron chi connectivity index (χ0n) is 15.3. The van der Waals surface area contributed by atoms with Gasteiger partial charge >= 0.3 is 0 Å². The van der Waals surface area contributed by atoms with Crippen LogP contribution in [0.4, 0.5) is 0 Å². The molecule has 2 atom stereocenters. The molecule has 2 rings (SSSR count). The molecule has 1 aliphatic heterocycles. The SMILES string of the molecule is COc1cc(CN2CCC(NC(=O)[C@@H](N)CCSC)C2)cc(OC)c1. The van der Waals surface area contributed by atoms with E-state index in [4.69, 9.17) is 15.2 Å². The Morgan fingerprint density at radius 2 is 2.04 bits per heavy atom. The Hall–Kier alpha value is -1.44. The molecule has 0 aromatic heterocycles. The van der Waals surface area contributed by atoms with E-state index in [2.05, 4.69) is 10.2 Å². The van der Waals surface area contributed by atoms with Crippen molar-refractivity contribution in [2.24, 2.45) is 5.73 Å². The molecule has 1 unspecified atom stereocenters. The highest BCUT2D eigenvalue weighted by molar-refractivity contribution is 7.98. The zero-order valence-corrected chi connectivity index (χ0v) is 16.1. The van der Waals surface area contributed by atoms with Crippen LogP contribution in [0.1, 0.15) is 18.4 Å². The third-order valence-corrected chi connectivity index (χ3v) is 5.05. The van der Waals surface area contributed by atoms with Crippen LogP contribution in [0.2, 0.25) is 0 Å². The van der Waals surface area contributed by atoms with Crippen LogP contribution in [0.3, 0.4) is 0 Å². The fourth-order valence-corrected chi connectivity index (χ4v) is 3.48. The summed E-state index contributed by atoms with van der Waals surface area (Å²) in [6.07, 6.45) is 3.68. The van der Waals surface area contributed by atoms with E-state index in [-0.39, 0.29) is 11.9 Å². The molecule has 0 bridgehead atoms. The van der Waals surface area contributed by atoms with Crippen molar-refractivity contribution in [3.05, 3.63) is 23.8 Å². The Morgan fingerprint density at radius 1 is 1.36 bits per heavy atom. The average Bonchev–Trinajstić information content (AvgIpc) is 3.05. The van der Waals surface area contributed by atoms with Gasteiger partial charge in [-0.3, -0.25) is 9.69 Å². The van der Waals surface area contributed by atoms with Gasteiger partial charge in [0.05, 0.1) is 20.3 Å². The van der Waals surface area contributed by atoms with Crippen LogP contribution < -0.4 is 20.5 Å². The molecule has 0 spiro atoms. The summed E-state index contributed by atoms with van der Waals surface area (Å²) in [4.78, 5) is 14.5. The minimum Gasteiger partial charge on any atom is -0.497 e. The van der Waals surface area contributed by atoms with Crippen molar-refractivity contribution in [3.8, 4) is 11.5 Å². The van der Waals surface area contributed by atoms with Crippen LogP contribution in [-0.2, 0) is 11.3 Å². The minimum absolute atomic E-state index is 0.0380. The molecule has 0 radical (unpaired) electrons. The number of nitrogens with two attached hydrogens (primary N) is 1. The van der Waals surface area contributed by atoms with E-state index >= 15 is 0 Å². The molecule has 1 aromatic rings. The van der Waals surface area contributed by atoms with Crippen LogP contribution in [0.15, 0.2) is 18.2 Å². The van der Waals surface area contributed by atoms with E-state index in [0.29, 0.717) is 6.42 Å². The smallest absolute Gasteiger partial charge is 0.237 e. The normalized spacial score (nSPS) is 18.8. The highest BCUT2D eigenvalue weighted by Gasteiger charge is 2.25. The van der Waals surface area contributed by atoms with Gasteiger partial charge in [0.1, 0.15) is 11.5 Å². The fraction of sp³-hybridized carbons (Fsp3) is 0.611. The highest BCUT2D eigenvalue weighted by Crippen LogP contribution is 2.24. The lowest BCUT2D eigenvalue weighted by atomic mass is 10.2. The van der Waals surface area contributed by atoms with Crippen LogP contribution in [0, 0.1) is 0 Å². The molecule has 1 saturated heterocycles. The van der Waals surface area contributed by atoms with E-state index in [1.807, 2.05) is 24.5 Å². The molecule has 1 fully saturated rings. The van der Waals surface area contributed by atoms with Crippen molar-refractivity contribution in [1.82, 2.24) is 10.2 Å². The number of ether oxygens (including phenoxy) is 2. The molecule has 0 aliphatic carbocycles. The van der Waals surface area contributed by atoms with Crippen molar-refractivity contribution in [2.45, 2.75) is 31.5 Å². The lowest BCUT2D eigenvalue weighted by Gasteiger charge is -2.19. The number of likely N-dealkylation sites (tertiary alicyclic amines) is 1. The first-order chi connectivity index (χ1) is 12.0. The first kappa shape index (κ1) is 19.9. The molecule has 140 valence electrons. The van der Waals surface area contributed by atoms with Gasteiger partial charge in [-0.1, -0.05) is 0 Å². The largest absolute Gasteiger partial charge is 0.497 e. The van der Waals surface area contributed by atoms with Crippen molar-refractivity contribution in [1.29, 1.82) is 0 Å². The van der Waals surface area contributed by atoms with E-state index < -0.39 is 6.04 Å².